The summed E-state index contributed by atoms with van der Waals surface area (Å²) in [6.07, 6.45) is 0. The average Bonchev–Trinajstić information content (AvgIpc) is 3.06. The van der Waals surface area contributed by atoms with E-state index in [2.05, 4.69) is 0 Å². The molecule has 3 aromatic rings. The molecule has 1 aliphatic heterocycles. The van der Waals surface area contributed by atoms with Gasteiger partial charge in [0.25, 0.3) is 11.7 Å². The molecule has 3 aromatic carbocycles. The SMILES string of the molecule is CCOc1ccc(/C(O)=C2\C(=O)C(=O)N(c3ccccc3O)C2c2ccccc2C)cc1C. The first kappa shape index (κ1) is 22.1. The van der Waals surface area contributed by atoms with Gasteiger partial charge in [-0.05, 0) is 67.8 Å². The Morgan fingerprint density at radius 2 is 1.67 bits per heavy atom. The lowest BCUT2D eigenvalue weighted by Crippen LogP contribution is -2.29. The maximum atomic E-state index is 13.2. The van der Waals surface area contributed by atoms with E-state index >= 15 is 0 Å². The normalized spacial score (nSPS) is 17.4. The molecular formula is C27H25NO5. The number of hydrogen-bond donors (Lipinski definition) is 2. The number of aromatic hydroxyl groups is 1. The van der Waals surface area contributed by atoms with Crippen LogP contribution in [0.2, 0.25) is 0 Å². The molecule has 1 atom stereocenters. The zero-order chi connectivity index (χ0) is 23.7. The number of anilines is 1. The number of carbonyl (C=O) groups excluding carboxylic acids is 2. The summed E-state index contributed by atoms with van der Waals surface area (Å²) in [5.41, 5.74) is 2.91. The topological polar surface area (TPSA) is 87.1 Å². The maximum Gasteiger partial charge on any atom is 0.300 e. The van der Waals surface area contributed by atoms with E-state index < -0.39 is 17.7 Å². The van der Waals surface area contributed by atoms with E-state index in [1.807, 2.05) is 45.0 Å². The van der Waals surface area contributed by atoms with Crippen LogP contribution in [0.3, 0.4) is 0 Å². The van der Waals surface area contributed by atoms with Gasteiger partial charge in [-0.15, -0.1) is 0 Å². The van der Waals surface area contributed by atoms with Crippen molar-refractivity contribution in [3.63, 3.8) is 0 Å². The zero-order valence-electron chi connectivity index (χ0n) is 18.7. The van der Waals surface area contributed by atoms with Crippen molar-refractivity contribution in [2.24, 2.45) is 0 Å². The lowest BCUT2D eigenvalue weighted by molar-refractivity contribution is -0.132. The Labute approximate surface area is 192 Å². The van der Waals surface area contributed by atoms with Crippen LogP contribution in [0.4, 0.5) is 5.69 Å². The van der Waals surface area contributed by atoms with Crippen LogP contribution in [0.5, 0.6) is 11.5 Å². The number of phenols is 1. The molecule has 0 saturated carbocycles. The molecule has 1 unspecified atom stereocenters. The third-order valence-corrected chi connectivity index (χ3v) is 5.82. The van der Waals surface area contributed by atoms with Crippen molar-refractivity contribution in [1.82, 2.24) is 0 Å². The summed E-state index contributed by atoms with van der Waals surface area (Å²) in [7, 11) is 0. The highest BCUT2D eigenvalue weighted by Crippen LogP contribution is 2.45. The fraction of sp³-hybridized carbons (Fsp3) is 0.185. The predicted molar refractivity (Wildman–Crippen MR) is 126 cm³/mol. The Morgan fingerprint density at radius 1 is 0.970 bits per heavy atom. The second-order valence-electron chi connectivity index (χ2n) is 7.93. The number of ketones is 1. The van der Waals surface area contributed by atoms with Crippen LogP contribution < -0.4 is 9.64 Å². The van der Waals surface area contributed by atoms with Crippen LogP contribution in [-0.4, -0.2) is 28.5 Å². The fourth-order valence-electron chi connectivity index (χ4n) is 4.21. The minimum absolute atomic E-state index is 0.0267. The molecule has 6 nitrogen and oxygen atoms in total. The molecule has 2 N–H and O–H groups in total. The largest absolute Gasteiger partial charge is 0.507 e. The summed E-state index contributed by atoms with van der Waals surface area (Å²) in [4.78, 5) is 27.7. The molecule has 0 radical (unpaired) electrons. The summed E-state index contributed by atoms with van der Waals surface area (Å²) >= 11 is 0. The summed E-state index contributed by atoms with van der Waals surface area (Å²) in [6, 6.07) is 17.9. The zero-order valence-corrected chi connectivity index (χ0v) is 18.7. The van der Waals surface area contributed by atoms with Crippen molar-refractivity contribution in [2.75, 3.05) is 11.5 Å². The monoisotopic (exact) mass is 443 g/mol. The van der Waals surface area contributed by atoms with Crippen LogP contribution in [0.15, 0.2) is 72.3 Å². The molecule has 1 saturated heterocycles. The van der Waals surface area contributed by atoms with Gasteiger partial charge in [0, 0.05) is 5.56 Å². The number of ether oxygens (including phenoxy) is 1. The van der Waals surface area contributed by atoms with Gasteiger partial charge in [-0.1, -0.05) is 36.4 Å². The molecule has 1 fully saturated rings. The van der Waals surface area contributed by atoms with Crippen molar-refractivity contribution < 1.29 is 24.5 Å². The second-order valence-corrected chi connectivity index (χ2v) is 7.93. The van der Waals surface area contributed by atoms with Gasteiger partial charge in [0.05, 0.1) is 23.9 Å². The molecule has 168 valence electrons. The van der Waals surface area contributed by atoms with Gasteiger partial charge in [-0.2, -0.15) is 0 Å². The molecule has 6 heteroatoms. The standard InChI is InChI=1S/C27H25NO5/c1-4-33-22-14-13-18(15-17(22)3)25(30)23-24(19-10-6-5-9-16(19)2)28(27(32)26(23)31)20-11-7-8-12-21(20)29/h5-15,24,29-30H,4H2,1-3H3/b25-23+. The Kier molecular flexibility index (Phi) is 5.92. The highest BCUT2D eigenvalue weighted by Gasteiger charge is 2.48. The smallest absolute Gasteiger partial charge is 0.300 e. The van der Waals surface area contributed by atoms with Crippen molar-refractivity contribution in [1.29, 1.82) is 0 Å². The lowest BCUT2D eigenvalue weighted by atomic mass is 9.92. The van der Waals surface area contributed by atoms with Gasteiger partial charge in [-0.3, -0.25) is 14.5 Å². The Bertz CT molecular complexity index is 1280. The van der Waals surface area contributed by atoms with E-state index in [0.717, 1.165) is 11.1 Å². The Hall–Kier alpha value is -4.06. The van der Waals surface area contributed by atoms with E-state index in [0.29, 0.717) is 23.5 Å². The molecule has 0 bridgehead atoms. The van der Waals surface area contributed by atoms with Crippen LogP contribution in [0, 0.1) is 13.8 Å². The third kappa shape index (κ3) is 3.84. The molecule has 0 aliphatic carbocycles. The number of aliphatic hydroxyl groups is 1. The number of aliphatic hydroxyl groups excluding tert-OH is 1. The number of carbonyl (C=O) groups is 2. The Balaban J connectivity index is 1.95. The quantitative estimate of drug-likeness (QED) is 0.328. The Morgan fingerprint density at radius 3 is 2.33 bits per heavy atom. The van der Waals surface area contributed by atoms with E-state index in [1.54, 1.807) is 36.4 Å². The van der Waals surface area contributed by atoms with Gasteiger partial charge >= 0.3 is 0 Å². The van der Waals surface area contributed by atoms with Gasteiger partial charge in [0.2, 0.25) is 0 Å². The van der Waals surface area contributed by atoms with Gasteiger partial charge in [0.15, 0.2) is 0 Å². The van der Waals surface area contributed by atoms with E-state index in [-0.39, 0.29) is 22.8 Å². The average molecular weight is 443 g/mol. The van der Waals surface area contributed by atoms with Crippen molar-refractivity contribution in [3.05, 3.63) is 94.6 Å². The summed E-state index contributed by atoms with van der Waals surface area (Å²) in [5.74, 6) is -1.34. The van der Waals surface area contributed by atoms with Gasteiger partial charge in [0.1, 0.15) is 17.3 Å². The lowest BCUT2D eigenvalue weighted by Gasteiger charge is -2.27. The van der Waals surface area contributed by atoms with Gasteiger partial charge in [-0.25, -0.2) is 0 Å². The van der Waals surface area contributed by atoms with E-state index in [4.69, 9.17) is 4.74 Å². The number of hydrogen-bond acceptors (Lipinski definition) is 5. The molecular weight excluding hydrogens is 418 g/mol. The second kappa shape index (κ2) is 8.82. The molecule has 33 heavy (non-hydrogen) atoms. The predicted octanol–water partition coefficient (Wildman–Crippen LogP) is 5.03. The summed E-state index contributed by atoms with van der Waals surface area (Å²) < 4.78 is 5.57. The summed E-state index contributed by atoms with van der Waals surface area (Å²) in [6.45, 7) is 6.11. The number of rotatable bonds is 5. The number of nitrogens with zero attached hydrogens (tertiary/aromatic N) is 1. The van der Waals surface area contributed by atoms with Gasteiger partial charge < -0.3 is 14.9 Å². The number of aryl methyl sites for hydroxylation is 2. The number of amides is 1. The molecule has 0 spiro atoms. The molecule has 4 rings (SSSR count). The van der Waals surface area contributed by atoms with Crippen LogP contribution in [0.25, 0.3) is 5.76 Å². The van der Waals surface area contributed by atoms with Crippen LogP contribution in [-0.2, 0) is 9.59 Å². The highest BCUT2D eigenvalue weighted by atomic mass is 16.5. The van der Waals surface area contributed by atoms with E-state index in [1.165, 1.54) is 11.0 Å². The fourth-order valence-corrected chi connectivity index (χ4v) is 4.21. The first-order chi connectivity index (χ1) is 15.8. The number of benzene rings is 3. The molecule has 1 heterocycles. The third-order valence-electron chi connectivity index (χ3n) is 5.82. The number of Topliss-reactive ketones (excluding diaryl/α,β-unsaturated/α-hetero) is 1. The van der Waals surface area contributed by atoms with Crippen molar-refractivity contribution in [3.8, 4) is 11.5 Å². The first-order valence-electron chi connectivity index (χ1n) is 10.7. The molecule has 1 amide bonds. The first-order valence-corrected chi connectivity index (χ1v) is 10.7. The highest BCUT2D eigenvalue weighted by molar-refractivity contribution is 6.52. The molecule has 0 aromatic heterocycles. The summed E-state index contributed by atoms with van der Waals surface area (Å²) in [5, 5.41) is 21.8. The maximum absolute atomic E-state index is 13.2. The van der Waals surface area contributed by atoms with Crippen molar-refractivity contribution in [2.45, 2.75) is 26.8 Å². The van der Waals surface area contributed by atoms with Crippen LogP contribution in [0.1, 0.15) is 35.2 Å². The number of para-hydroxylation sites is 2. The van der Waals surface area contributed by atoms with Crippen molar-refractivity contribution >= 4 is 23.1 Å². The van der Waals surface area contributed by atoms with Crippen LogP contribution >= 0.6 is 0 Å². The van der Waals surface area contributed by atoms with E-state index in [9.17, 15) is 19.8 Å². The molecule has 1 aliphatic rings. The minimum Gasteiger partial charge on any atom is -0.507 e. The minimum atomic E-state index is -0.897. The number of phenolic OH excluding ortho intramolecular Hbond substituents is 1.